The lowest BCUT2D eigenvalue weighted by molar-refractivity contribution is 0.0520. The molecule has 0 amide bonds. The highest BCUT2D eigenvalue weighted by molar-refractivity contribution is 5.30. The van der Waals surface area contributed by atoms with Gasteiger partial charge < -0.3 is 14.2 Å². The van der Waals surface area contributed by atoms with Crippen LogP contribution in [0.2, 0.25) is 0 Å². The molecule has 0 radical (unpaired) electrons. The molecular formula is C24H30O3. The Labute approximate surface area is 162 Å². The Morgan fingerprint density at radius 3 is 1.41 bits per heavy atom. The molecule has 0 bridgehead atoms. The second kappa shape index (κ2) is 7.05. The number of benzene rings is 2. The first-order chi connectivity index (χ1) is 13.0. The van der Waals surface area contributed by atoms with Crippen molar-refractivity contribution in [1.29, 1.82) is 0 Å². The van der Waals surface area contributed by atoms with Crippen LogP contribution in [0.15, 0.2) is 48.5 Å². The first-order valence-corrected chi connectivity index (χ1v) is 10.1. The van der Waals surface area contributed by atoms with Crippen LogP contribution in [0.5, 0.6) is 0 Å². The molecule has 2 heterocycles. The Balaban J connectivity index is 1.27. The Morgan fingerprint density at radius 1 is 0.704 bits per heavy atom. The molecule has 27 heavy (non-hydrogen) atoms. The van der Waals surface area contributed by atoms with Gasteiger partial charge in [0.2, 0.25) is 0 Å². The van der Waals surface area contributed by atoms with Crippen molar-refractivity contribution in [3.63, 3.8) is 0 Å². The summed E-state index contributed by atoms with van der Waals surface area (Å²) in [6.45, 7) is 9.78. The minimum absolute atomic E-state index is 0.133. The van der Waals surface area contributed by atoms with Crippen molar-refractivity contribution in [2.24, 2.45) is 0 Å². The van der Waals surface area contributed by atoms with Gasteiger partial charge >= 0.3 is 0 Å². The van der Waals surface area contributed by atoms with Gasteiger partial charge in [-0.1, -0.05) is 62.4 Å². The van der Waals surface area contributed by atoms with E-state index >= 15 is 0 Å². The molecular weight excluding hydrogens is 336 g/mol. The molecule has 0 aromatic heterocycles. The van der Waals surface area contributed by atoms with Crippen molar-refractivity contribution in [2.75, 3.05) is 13.2 Å². The van der Waals surface area contributed by atoms with E-state index in [1.165, 1.54) is 22.3 Å². The molecule has 2 aliphatic rings. The molecule has 2 fully saturated rings. The molecule has 2 aromatic carbocycles. The summed E-state index contributed by atoms with van der Waals surface area (Å²) < 4.78 is 18.0. The van der Waals surface area contributed by atoms with Gasteiger partial charge in [-0.05, 0) is 48.9 Å². The van der Waals surface area contributed by atoms with Crippen molar-refractivity contribution in [2.45, 2.75) is 63.9 Å². The fourth-order valence-electron chi connectivity index (χ4n) is 3.84. The molecule has 4 unspecified atom stereocenters. The average Bonchev–Trinajstić information content (AvgIpc) is 3.57. The molecule has 144 valence electrons. The van der Waals surface area contributed by atoms with Gasteiger partial charge in [-0.3, -0.25) is 0 Å². The van der Waals surface area contributed by atoms with Crippen LogP contribution >= 0.6 is 0 Å². The smallest absolute Gasteiger partial charge is 0.120 e. The molecule has 4 rings (SSSR count). The largest absolute Gasteiger partial charge is 0.375 e. The third-order valence-corrected chi connectivity index (χ3v) is 5.93. The van der Waals surface area contributed by atoms with Crippen LogP contribution < -0.4 is 0 Å². The van der Waals surface area contributed by atoms with Crippen LogP contribution in [0, 0.1) is 0 Å². The lowest BCUT2D eigenvalue weighted by atomic mass is 9.99. The van der Waals surface area contributed by atoms with Crippen LogP contribution in [0.3, 0.4) is 0 Å². The molecule has 0 aliphatic carbocycles. The summed E-state index contributed by atoms with van der Waals surface area (Å²) in [5.41, 5.74) is 4.74. The highest BCUT2D eigenvalue weighted by Gasteiger charge is 2.56. The zero-order valence-electron chi connectivity index (χ0n) is 16.8. The van der Waals surface area contributed by atoms with Gasteiger partial charge in [-0.2, -0.15) is 0 Å². The maximum Gasteiger partial charge on any atom is 0.120 e. The molecule has 2 saturated heterocycles. The third kappa shape index (κ3) is 3.82. The average molecular weight is 367 g/mol. The quantitative estimate of drug-likeness (QED) is 0.603. The maximum atomic E-state index is 6.03. The van der Waals surface area contributed by atoms with Gasteiger partial charge in [-0.25, -0.2) is 0 Å². The van der Waals surface area contributed by atoms with E-state index in [2.05, 4.69) is 76.2 Å². The number of rotatable bonds is 8. The van der Waals surface area contributed by atoms with Crippen LogP contribution in [-0.2, 0) is 27.1 Å². The molecule has 2 aliphatic heterocycles. The highest BCUT2D eigenvalue weighted by Crippen LogP contribution is 2.52. The summed E-state index contributed by atoms with van der Waals surface area (Å²) in [5, 5.41) is 0. The van der Waals surface area contributed by atoms with Gasteiger partial charge in [0.25, 0.3) is 0 Å². The van der Waals surface area contributed by atoms with Crippen molar-refractivity contribution < 1.29 is 14.2 Å². The van der Waals surface area contributed by atoms with Gasteiger partial charge in [0.15, 0.2) is 0 Å². The second-order valence-corrected chi connectivity index (χ2v) is 8.30. The monoisotopic (exact) mass is 366 g/mol. The van der Waals surface area contributed by atoms with E-state index in [-0.39, 0.29) is 23.4 Å². The number of aryl methyl sites for hydroxylation is 2. The van der Waals surface area contributed by atoms with Crippen molar-refractivity contribution in [1.82, 2.24) is 0 Å². The standard InChI is InChI=1S/C24H30O3/c1-5-17-7-11-19(12-8-17)21-23(3,26-21)15-25-16-24(4)22(27-24)20-13-9-18(6-2)10-14-20/h7-14,21-22H,5-6,15-16H2,1-4H3. The molecule has 3 heteroatoms. The third-order valence-electron chi connectivity index (χ3n) is 5.93. The van der Waals surface area contributed by atoms with E-state index in [0.717, 1.165) is 12.8 Å². The normalized spacial score (nSPS) is 31.7. The molecule has 4 atom stereocenters. The SMILES string of the molecule is CCc1ccc(C2OC2(C)COCC2(C)OC2c2ccc(CC)cc2)cc1. The van der Waals surface area contributed by atoms with Crippen LogP contribution in [0.1, 0.15) is 62.2 Å². The lowest BCUT2D eigenvalue weighted by Crippen LogP contribution is -2.22. The topological polar surface area (TPSA) is 34.3 Å². The van der Waals surface area contributed by atoms with Crippen molar-refractivity contribution in [3.8, 4) is 0 Å². The minimum atomic E-state index is -0.225. The molecule has 2 aromatic rings. The maximum absolute atomic E-state index is 6.03. The Kier molecular flexibility index (Phi) is 4.87. The van der Waals surface area contributed by atoms with E-state index in [1.807, 2.05) is 0 Å². The van der Waals surface area contributed by atoms with E-state index in [4.69, 9.17) is 14.2 Å². The Morgan fingerprint density at radius 2 is 1.07 bits per heavy atom. The highest BCUT2D eigenvalue weighted by atomic mass is 16.7. The van der Waals surface area contributed by atoms with Gasteiger partial charge in [0.1, 0.15) is 23.4 Å². The number of hydrogen-bond acceptors (Lipinski definition) is 3. The van der Waals surface area contributed by atoms with Crippen molar-refractivity contribution >= 4 is 0 Å². The summed E-state index contributed by atoms with van der Waals surface area (Å²) in [6, 6.07) is 17.5. The molecule has 0 N–H and O–H groups in total. The van der Waals surface area contributed by atoms with Crippen LogP contribution in [-0.4, -0.2) is 24.4 Å². The second-order valence-electron chi connectivity index (χ2n) is 8.30. The molecule has 0 saturated carbocycles. The van der Waals surface area contributed by atoms with E-state index in [0.29, 0.717) is 13.2 Å². The summed E-state index contributed by atoms with van der Waals surface area (Å²) in [6.07, 6.45) is 2.39. The van der Waals surface area contributed by atoms with Crippen LogP contribution in [0.4, 0.5) is 0 Å². The first-order valence-electron chi connectivity index (χ1n) is 10.1. The zero-order valence-corrected chi connectivity index (χ0v) is 16.8. The van der Waals surface area contributed by atoms with Crippen molar-refractivity contribution in [3.05, 3.63) is 70.8 Å². The predicted octanol–water partition coefficient (Wildman–Crippen LogP) is 5.19. The number of epoxide rings is 2. The Hall–Kier alpha value is -1.68. The number of ether oxygens (including phenoxy) is 3. The summed E-state index contributed by atoms with van der Waals surface area (Å²) in [4.78, 5) is 0. The van der Waals surface area contributed by atoms with Gasteiger partial charge in [-0.15, -0.1) is 0 Å². The van der Waals surface area contributed by atoms with E-state index in [9.17, 15) is 0 Å². The summed E-state index contributed by atoms with van der Waals surface area (Å²) in [5.74, 6) is 0. The predicted molar refractivity (Wildman–Crippen MR) is 107 cm³/mol. The summed E-state index contributed by atoms with van der Waals surface area (Å²) in [7, 11) is 0. The fraction of sp³-hybridized carbons (Fsp3) is 0.500. The molecule has 0 spiro atoms. The minimum Gasteiger partial charge on any atom is -0.375 e. The number of hydrogen-bond donors (Lipinski definition) is 0. The summed E-state index contributed by atoms with van der Waals surface area (Å²) >= 11 is 0. The van der Waals surface area contributed by atoms with Gasteiger partial charge in [0.05, 0.1) is 13.2 Å². The first kappa shape index (κ1) is 18.7. The lowest BCUT2D eigenvalue weighted by Gasteiger charge is -2.11. The molecule has 3 nitrogen and oxygen atoms in total. The fourth-order valence-corrected chi connectivity index (χ4v) is 3.84. The zero-order chi connectivity index (χ0) is 19.1. The van der Waals surface area contributed by atoms with Gasteiger partial charge in [0, 0.05) is 0 Å². The van der Waals surface area contributed by atoms with E-state index < -0.39 is 0 Å². The van der Waals surface area contributed by atoms with E-state index in [1.54, 1.807) is 0 Å². The Bertz CT molecular complexity index is 715. The van der Waals surface area contributed by atoms with Crippen LogP contribution in [0.25, 0.3) is 0 Å².